The summed E-state index contributed by atoms with van der Waals surface area (Å²) < 4.78 is 1.22. The van der Waals surface area contributed by atoms with Crippen LogP contribution >= 0.6 is 15.9 Å². The van der Waals surface area contributed by atoms with Crippen LogP contribution < -0.4 is 5.32 Å². The maximum Gasteiger partial charge on any atom is 0.0355 e. The molecule has 1 nitrogen and oxygen atoms in total. The van der Waals surface area contributed by atoms with Gasteiger partial charge < -0.3 is 5.32 Å². The second kappa shape index (κ2) is 6.97. The maximum atomic E-state index is 3.85. The van der Waals surface area contributed by atoms with Gasteiger partial charge in [0.2, 0.25) is 0 Å². The van der Waals surface area contributed by atoms with E-state index in [4.69, 9.17) is 0 Å². The van der Waals surface area contributed by atoms with Gasteiger partial charge in [-0.3, -0.25) is 0 Å². The SMILES string of the molecule is C=CCC(NCCC)c1cc(C)c(Br)c(C)c1. The van der Waals surface area contributed by atoms with Crippen LogP contribution in [0.2, 0.25) is 0 Å². The van der Waals surface area contributed by atoms with Crippen molar-refractivity contribution in [2.45, 2.75) is 39.7 Å². The van der Waals surface area contributed by atoms with E-state index < -0.39 is 0 Å². The molecule has 0 bridgehead atoms. The fourth-order valence-corrected chi connectivity index (χ4v) is 2.23. The van der Waals surface area contributed by atoms with Gasteiger partial charge in [-0.05, 0) is 49.9 Å². The van der Waals surface area contributed by atoms with Gasteiger partial charge in [0.1, 0.15) is 0 Å². The Bertz CT molecular complexity index is 362. The molecule has 1 unspecified atom stereocenters. The molecule has 1 rings (SSSR count). The Morgan fingerprint density at radius 2 is 1.94 bits per heavy atom. The molecule has 1 aromatic rings. The van der Waals surface area contributed by atoms with E-state index >= 15 is 0 Å². The van der Waals surface area contributed by atoms with Crippen LogP contribution in [0.4, 0.5) is 0 Å². The minimum absolute atomic E-state index is 0.387. The van der Waals surface area contributed by atoms with E-state index in [0.29, 0.717) is 6.04 Å². The minimum Gasteiger partial charge on any atom is -0.310 e. The molecule has 0 saturated carbocycles. The highest BCUT2D eigenvalue weighted by Gasteiger charge is 2.11. The summed E-state index contributed by atoms with van der Waals surface area (Å²) in [6.45, 7) is 11.4. The van der Waals surface area contributed by atoms with Crippen molar-refractivity contribution in [2.24, 2.45) is 0 Å². The summed E-state index contributed by atoms with van der Waals surface area (Å²) in [5.41, 5.74) is 3.95. The van der Waals surface area contributed by atoms with Crippen LogP contribution in [0.5, 0.6) is 0 Å². The Kier molecular flexibility index (Phi) is 5.93. The van der Waals surface area contributed by atoms with E-state index in [2.05, 4.69) is 60.7 Å². The van der Waals surface area contributed by atoms with Crippen LogP contribution in [-0.2, 0) is 0 Å². The van der Waals surface area contributed by atoms with Crippen molar-refractivity contribution in [1.29, 1.82) is 0 Å². The Morgan fingerprint density at radius 1 is 1.35 bits per heavy atom. The molecule has 1 N–H and O–H groups in total. The smallest absolute Gasteiger partial charge is 0.0355 e. The van der Waals surface area contributed by atoms with Crippen LogP contribution in [0, 0.1) is 13.8 Å². The predicted molar refractivity (Wildman–Crippen MR) is 79.5 cm³/mol. The second-order valence-corrected chi connectivity index (χ2v) is 5.29. The third-order valence-corrected chi connectivity index (χ3v) is 4.16. The summed E-state index contributed by atoms with van der Waals surface area (Å²) >= 11 is 3.61. The molecule has 1 atom stereocenters. The summed E-state index contributed by atoms with van der Waals surface area (Å²) in [5.74, 6) is 0. The van der Waals surface area contributed by atoms with Gasteiger partial charge in [0.05, 0.1) is 0 Å². The maximum absolute atomic E-state index is 3.85. The van der Waals surface area contributed by atoms with E-state index in [1.165, 1.54) is 21.2 Å². The summed E-state index contributed by atoms with van der Waals surface area (Å²) in [6, 6.07) is 4.90. The first-order valence-corrected chi connectivity index (χ1v) is 7.00. The average Bonchev–Trinajstić information content (AvgIpc) is 2.31. The number of rotatable bonds is 6. The van der Waals surface area contributed by atoms with E-state index in [1.807, 2.05) is 6.08 Å². The Hall–Kier alpha value is -0.600. The van der Waals surface area contributed by atoms with Gasteiger partial charge in [0, 0.05) is 10.5 Å². The molecular weight excluding hydrogens is 274 g/mol. The fourth-order valence-electron chi connectivity index (χ4n) is 2.00. The summed E-state index contributed by atoms with van der Waals surface area (Å²) in [6.07, 6.45) is 4.11. The van der Waals surface area contributed by atoms with Crippen LogP contribution in [0.1, 0.15) is 42.5 Å². The third-order valence-electron chi connectivity index (χ3n) is 2.90. The van der Waals surface area contributed by atoms with Gasteiger partial charge in [0.15, 0.2) is 0 Å². The van der Waals surface area contributed by atoms with Gasteiger partial charge in [-0.25, -0.2) is 0 Å². The zero-order chi connectivity index (χ0) is 12.8. The molecule has 0 aliphatic rings. The van der Waals surface area contributed by atoms with Crippen molar-refractivity contribution < 1.29 is 0 Å². The monoisotopic (exact) mass is 295 g/mol. The normalized spacial score (nSPS) is 12.5. The number of halogens is 1. The zero-order valence-corrected chi connectivity index (χ0v) is 12.6. The molecule has 0 spiro atoms. The topological polar surface area (TPSA) is 12.0 Å². The van der Waals surface area contributed by atoms with Crippen molar-refractivity contribution in [3.63, 3.8) is 0 Å². The first kappa shape index (κ1) is 14.5. The lowest BCUT2D eigenvalue weighted by Crippen LogP contribution is -2.21. The van der Waals surface area contributed by atoms with Crippen molar-refractivity contribution in [3.8, 4) is 0 Å². The largest absolute Gasteiger partial charge is 0.310 e. The lowest BCUT2D eigenvalue weighted by atomic mass is 9.99. The summed E-state index contributed by atoms with van der Waals surface area (Å²) in [5, 5.41) is 3.57. The number of hydrogen-bond acceptors (Lipinski definition) is 1. The standard InChI is InChI=1S/C15H22BrN/c1-5-7-14(17-8-6-2)13-9-11(3)15(16)12(4)10-13/h5,9-10,14,17H,1,6-8H2,2-4H3. The molecule has 94 valence electrons. The number of aryl methyl sites for hydroxylation is 2. The lowest BCUT2D eigenvalue weighted by Gasteiger charge is -2.19. The molecular formula is C15H22BrN. The second-order valence-electron chi connectivity index (χ2n) is 4.50. The molecule has 0 aliphatic carbocycles. The van der Waals surface area contributed by atoms with Gasteiger partial charge in [0.25, 0.3) is 0 Å². The Morgan fingerprint density at radius 3 is 2.41 bits per heavy atom. The highest BCUT2D eigenvalue weighted by atomic mass is 79.9. The molecule has 2 heteroatoms. The van der Waals surface area contributed by atoms with Crippen molar-refractivity contribution >= 4 is 15.9 Å². The molecule has 17 heavy (non-hydrogen) atoms. The van der Waals surface area contributed by atoms with Gasteiger partial charge in [-0.1, -0.05) is 41.1 Å². The van der Waals surface area contributed by atoms with E-state index in [1.54, 1.807) is 0 Å². The Labute approximate surface area is 113 Å². The molecule has 0 aromatic heterocycles. The van der Waals surface area contributed by atoms with Crippen LogP contribution in [0.15, 0.2) is 29.3 Å². The fraction of sp³-hybridized carbons (Fsp3) is 0.467. The third kappa shape index (κ3) is 3.97. The average molecular weight is 296 g/mol. The number of nitrogens with one attached hydrogen (secondary N) is 1. The highest BCUT2D eigenvalue weighted by molar-refractivity contribution is 9.10. The van der Waals surface area contributed by atoms with Crippen molar-refractivity contribution in [3.05, 3.63) is 46.0 Å². The molecule has 1 aromatic carbocycles. The van der Waals surface area contributed by atoms with Crippen LogP contribution in [0.25, 0.3) is 0 Å². The highest BCUT2D eigenvalue weighted by Crippen LogP contribution is 2.27. The molecule has 0 radical (unpaired) electrons. The van der Waals surface area contributed by atoms with E-state index in [9.17, 15) is 0 Å². The molecule has 0 heterocycles. The van der Waals surface area contributed by atoms with E-state index in [-0.39, 0.29) is 0 Å². The number of benzene rings is 1. The van der Waals surface area contributed by atoms with Crippen LogP contribution in [-0.4, -0.2) is 6.54 Å². The number of hydrogen-bond donors (Lipinski definition) is 1. The predicted octanol–water partition coefficient (Wildman–Crippen LogP) is 4.68. The molecule has 0 aliphatic heterocycles. The van der Waals surface area contributed by atoms with Gasteiger partial charge in [-0.15, -0.1) is 6.58 Å². The quantitative estimate of drug-likeness (QED) is 0.751. The van der Waals surface area contributed by atoms with Crippen molar-refractivity contribution in [2.75, 3.05) is 6.54 Å². The Balaban J connectivity index is 2.96. The summed E-state index contributed by atoms with van der Waals surface area (Å²) in [4.78, 5) is 0. The van der Waals surface area contributed by atoms with Gasteiger partial charge in [-0.2, -0.15) is 0 Å². The van der Waals surface area contributed by atoms with E-state index in [0.717, 1.165) is 19.4 Å². The lowest BCUT2D eigenvalue weighted by molar-refractivity contribution is 0.536. The summed E-state index contributed by atoms with van der Waals surface area (Å²) in [7, 11) is 0. The van der Waals surface area contributed by atoms with Crippen LogP contribution in [0.3, 0.4) is 0 Å². The minimum atomic E-state index is 0.387. The molecule has 0 saturated heterocycles. The molecule has 0 fully saturated rings. The van der Waals surface area contributed by atoms with Gasteiger partial charge >= 0.3 is 0 Å². The first-order valence-electron chi connectivity index (χ1n) is 6.21. The van der Waals surface area contributed by atoms with Crippen molar-refractivity contribution in [1.82, 2.24) is 5.32 Å². The molecule has 0 amide bonds. The zero-order valence-electron chi connectivity index (χ0n) is 11.0. The first-order chi connectivity index (χ1) is 8.10.